The van der Waals surface area contributed by atoms with Gasteiger partial charge in [-0.05, 0) is 36.2 Å². The molecule has 124 valence electrons. The molecule has 24 heavy (non-hydrogen) atoms. The van der Waals surface area contributed by atoms with E-state index in [-0.39, 0.29) is 30.4 Å². The lowest BCUT2D eigenvalue weighted by Gasteiger charge is -2.07. The Morgan fingerprint density at radius 3 is 2.58 bits per heavy atom. The number of phenolic OH excluding ortho intramolecular Hbond substituents is 1. The van der Waals surface area contributed by atoms with Gasteiger partial charge in [-0.25, -0.2) is 5.43 Å². The molecule has 2 rings (SSSR count). The first-order valence-electron chi connectivity index (χ1n) is 7.51. The van der Waals surface area contributed by atoms with Gasteiger partial charge in [0.05, 0.1) is 6.21 Å². The zero-order chi connectivity index (χ0) is 17.4. The fourth-order valence-electron chi connectivity index (χ4n) is 1.99. The van der Waals surface area contributed by atoms with Crippen molar-refractivity contribution in [3.63, 3.8) is 0 Å². The number of phenols is 1. The number of aryl methyl sites for hydroxylation is 1. The average molecular weight is 325 g/mol. The van der Waals surface area contributed by atoms with E-state index >= 15 is 0 Å². The third-order valence-corrected chi connectivity index (χ3v) is 3.27. The molecule has 2 amide bonds. The molecule has 0 aromatic heterocycles. The summed E-state index contributed by atoms with van der Waals surface area (Å²) in [5.74, 6) is -0.457. The van der Waals surface area contributed by atoms with Gasteiger partial charge in [-0.3, -0.25) is 9.59 Å². The summed E-state index contributed by atoms with van der Waals surface area (Å²) >= 11 is 0. The van der Waals surface area contributed by atoms with Gasteiger partial charge in [0.15, 0.2) is 0 Å². The second kappa shape index (κ2) is 8.47. The Labute approximate surface area is 140 Å². The van der Waals surface area contributed by atoms with Crippen LogP contribution in [0.2, 0.25) is 0 Å². The number of hydrogen-bond acceptors (Lipinski definition) is 4. The van der Waals surface area contributed by atoms with Crippen molar-refractivity contribution < 1.29 is 14.7 Å². The predicted molar refractivity (Wildman–Crippen MR) is 92.9 cm³/mol. The summed E-state index contributed by atoms with van der Waals surface area (Å²) in [6.45, 7) is 1.90. The summed E-state index contributed by atoms with van der Waals surface area (Å²) in [5.41, 5.74) is 4.71. The summed E-state index contributed by atoms with van der Waals surface area (Å²) < 4.78 is 0. The van der Waals surface area contributed by atoms with Crippen molar-refractivity contribution in [3.8, 4) is 5.75 Å². The molecule has 0 spiro atoms. The number of nitrogens with zero attached hydrogens (tertiary/aromatic N) is 1. The Kier molecular flexibility index (Phi) is 6.08. The summed E-state index contributed by atoms with van der Waals surface area (Å²) in [7, 11) is 0. The molecule has 3 N–H and O–H groups in total. The minimum atomic E-state index is -0.355. The Morgan fingerprint density at radius 2 is 1.83 bits per heavy atom. The highest BCUT2D eigenvalue weighted by molar-refractivity contribution is 5.94. The highest BCUT2D eigenvalue weighted by atomic mass is 16.3. The summed E-state index contributed by atoms with van der Waals surface area (Å²) in [4.78, 5) is 23.5. The molecule has 0 heterocycles. The minimum Gasteiger partial charge on any atom is -0.508 e. The summed E-state index contributed by atoms with van der Waals surface area (Å²) in [6, 6.07) is 13.9. The van der Waals surface area contributed by atoms with E-state index in [1.54, 1.807) is 18.2 Å². The number of hydrogen-bond donors (Lipinski definition) is 3. The second-order valence-electron chi connectivity index (χ2n) is 5.25. The van der Waals surface area contributed by atoms with E-state index in [0.29, 0.717) is 5.56 Å². The first kappa shape index (κ1) is 17.2. The zero-order valence-corrected chi connectivity index (χ0v) is 13.3. The molecule has 0 atom stereocenters. The number of aromatic hydroxyl groups is 1. The van der Waals surface area contributed by atoms with Crippen LogP contribution in [-0.2, 0) is 9.59 Å². The van der Waals surface area contributed by atoms with Crippen LogP contribution in [0.3, 0.4) is 0 Å². The van der Waals surface area contributed by atoms with Crippen molar-refractivity contribution in [2.45, 2.75) is 19.8 Å². The molecule has 6 heteroatoms. The molecule has 0 aliphatic rings. The monoisotopic (exact) mass is 325 g/mol. The summed E-state index contributed by atoms with van der Waals surface area (Å²) in [5, 5.41) is 15.9. The molecule has 0 aliphatic heterocycles. The molecule has 0 unspecified atom stereocenters. The highest BCUT2D eigenvalue weighted by Gasteiger charge is 2.07. The van der Waals surface area contributed by atoms with Gasteiger partial charge in [0.1, 0.15) is 5.75 Å². The fourth-order valence-corrected chi connectivity index (χ4v) is 1.99. The topological polar surface area (TPSA) is 90.8 Å². The van der Waals surface area contributed by atoms with E-state index < -0.39 is 0 Å². The van der Waals surface area contributed by atoms with E-state index in [0.717, 1.165) is 11.3 Å². The molecule has 0 fully saturated rings. The Hall–Kier alpha value is -3.15. The number of benzene rings is 2. The van der Waals surface area contributed by atoms with Crippen LogP contribution in [0.25, 0.3) is 0 Å². The zero-order valence-electron chi connectivity index (χ0n) is 13.3. The highest BCUT2D eigenvalue weighted by Crippen LogP contribution is 2.13. The normalized spacial score (nSPS) is 10.5. The van der Waals surface area contributed by atoms with Crippen molar-refractivity contribution in [2.75, 3.05) is 5.32 Å². The Bertz CT molecular complexity index is 757. The predicted octanol–water partition coefficient (Wildman–Crippen LogP) is 2.57. The van der Waals surface area contributed by atoms with E-state index in [1.165, 1.54) is 12.3 Å². The van der Waals surface area contributed by atoms with E-state index in [4.69, 9.17) is 0 Å². The van der Waals surface area contributed by atoms with Crippen LogP contribution in [-0.4, -0.2) is 23.1 Å². The van der Waals surface area contributed by atoms with E-state index in [1.807, 2.05) is 31.2 Å². The number of rotatable bonds is 6. The first-order chi connectivity index (χ1) is 11.5. The van der Waals surface area contributed by atoms with Gasteiger partial charge < -0.3 is 10.4 Å². The lowest BCUT2D eigenvalue weighted by atomic mass is 10.2. The molecule has 2 aromatic carbocycles. The Morgan fingerprint density at radius 1 is 1.08 bits per heavy atom. The Balaban J connectivity index is 1.75. The molecular formula is C18H19N3O3. The molecule has 0 radical (unpaired) electrons. The number of amides is 2. The van der Waals surface area contributed by atoms with Gasteiger partial charge in [-0.15, -0.1) is 0 Å². The van der Waals surface area contributed by atoms with E-state index in [9.17, 15) is 14.7 Å². The van der Waals surface area contributed by atoms with Crippen molar-refractivity contribution in [2.24, 2.45) is 5.10 Å². The fraction of sp³-hybridized carbons (Fsp3) is 0.167. The molecule has 2 aromatic rings. The van der Waals surface area contributed by atoms with Gasteiger partial charge in [-0.1, -0.05) is 30.3 Å². The number of hydrazone groups is 1. The first-order valence-corrected chi connectivity index (χ1v) is 7.51. The van der Waals surface area contributed by atoms with Crippen molar-refractivity contribution in [1.29, 1.82) is 0 Å². The third-order valence-electron chi connectivity index (χ3n) is 3.27. The maximum atomic E-state index is 11.8. The number of para-hydroxylation sites is 1. The van der Waals surface area contributed by atoms with Gasteiger partial charge >= 0.3 is 0 Å². The molecule has 0 aliphatic carbocycles. The third kappa shape index (κ3) is 5.57. The van der Waals surface area contributed by atoms with Crippen LogP contribution in [0.15, 0.2) is 53.6 Å². The lowest BCUT2D eigenvalue weighted by molar-refractivity contribution is -0.124. The number of anilines is 1. The maximum Gasteiger partial charge on any atom is 0.240 e. The minimum absolute atomic E-state index is 0.0368. The van der Waals surface area contributed by atoms with Crippen molar-refractivity contribution in [3.05, 3.63) is 59.7 Å². The average Bonchev–Trinajstić information content (AvgIpc) is 2.55. The standard InChI is InChI=1S/C18H19N3O3/c1-13-5-2-3-8-16(13)20-17(23)9-10-18(24)21-19-12-14-6-4-7-15(22)11-14/h2-8,11-12,22H,9-10H2,1H3,(H,20,23)(H,21,24). The lowest BCUT2D eigenvalue weighted by Crippen LogP contribution is -2.20. The number of nitrogens with one attached hydrogen (secondary N) is 2. The quantitative estimate of drug-likeness (QED) is 0.563. The van der Waals surface area contributed by atoms with Crippen LogP contribution in [0, 0.1) is 6.92 Å². The van der Waals surface area contributed by atoms with Crippen LogP contribution < -0.4 is 10.7 Å². The molecule has 6 nitrogen and oxygen atoms in total. The van der Waals surface area contributed by atoms with Gasteiger partial charge in [0.25, 0.3) is 0 Å². The largest absolute Gasteiger partial charge is 0.508 e. The van der Waals surface area contributed by atoms with Crippen LogP contribution in [0.4, 0.5) is 5.69 Å². The smallest absolute Gasteiger partial charge is 0.240 e. The van der Waals surface area contributed by atoms with Crippen LogP contribution in [0.5, 0.6) is 5.75 Å². The molecule has 0 bridgehead atoms. The van der Waals surface area contributed by atoms with Gasteiger partial charge in [-0.2, -0.15) is 5.10 Å². The van der Waals surface area contributed by atoms with Crippen LogP contribution in [0.1, 0.15) is 24.0 Å². The van der Waals surface area contributed by atoms with Gasteiger partial charge in [0.2, 0.25) is 11.8 Å². The number of carbonyl (C=O) groups excluding carboxylic acids is 2. The second-order valence-corrected chi connectivity index (χ2v) is 5.25. The van der Waals surface area contributed by atoms with Crippen molar-refractivity contribution in [1.82, 2.24) is 5.43 Å². The van der Waals surface area contributed by atoms with Crippen LogP contribution >= 0.6 is 0 Å². The van der Waals surface area contributed by atoms with E-state index in [2.05, 4.69) is 15.8 Å². The SMILES string of the molecule is Cc1ccccc1NC(=O)CCC(=O)NN=Cc1cccc(O)c1. The summed E-state index contributed by atoms with van der Waals surface area (Å²) in [6.07, 6.45) is 1.53. The molecular weight excluding hydrogens is 306 g/mol. The molecule has 0 saturated carbocycles. The number of carbonyl (C=O) groups is 2. The maximum absolute atomic E-state index is 11.8. The van der Waals surface area contributed by atoms with Crippen molar-refractivity contribution >= 4 is 23.7 Å². The van der Waals surface area contributed by atoms with Gasteiger partial charge in [0, 0.05) is 18.5 Å². The molecule has 0 saturated heterocycles.